The van der Waals surface area contributed by atoms with Crippen molar-refractivity contribution in [2.75, 3.05) is 6.61 Å². The summed E-state index contributed by atoms with van der Waals surface area (Å²) in [4.78, 5) is 19.0. The molecule has 4 nitrogen and oxygen atoms in total. The molecule has 2 aromatic carbocycles. The van der Waals surface area contributed by atoms with Gasteiger partial charge in [-0.2, -0.15) is 0 Å². The summed E-state index contributed by atoms with van der Waals surface area (Å²) in [6, 6.07) is 16.1. The number of oxime groups is 1. The lowest BCUT2D eigenvalue weighted by Crippen LogP contribution is -2.14. The van der Waals surface area contributed by atoms with Crippen LogP contribution in [0.2, 0.25) is 0 Å². The third-order valence-electron chi connectivity index (χ3n) is 7.15. The number of unbranched alkanes of at least 4 members (excludes halogenated alkanes) is 1. The van der Waals surface area contributed by atoms with Crippen molar-refractivity contribution in [2.45, 2.75) is 77.2 Å². The van der Waals surface area contributed by atoms with E-state index in [-0.39, 0.29) is 12.2 Å². The molecule has 6 heteroatoms. The molecule has 0 radical (unpaired) electrons. The highest BCUT2D eigenvalue weighted by Crippen LogP contribution is 2.38. The van der Waals surface area contributed by atoms with Crippen molar-refractivity contribution in [3.63, 3.8) is 0 Å². The Labute approximate surface area is 218 Å². The van der Waals surface area contributed by atoms with Crippen molar-refractivity contribution in [2.24, 2.45) is 5.16 Å². The van der Waals surface area contributed by atoms with E-state index in [1.54, 1.807) is 12.3 Å². The predicted molar refractivity (Wildman–Crippen MR) is 143 cm³/mol. The monoisotopic (exact) mass is 506 g/mol. The first kappa shape index (κ1) is 26.8. The largest absolute Gasteiger partial charge is 0.396 e. The second-order valence-corrected chi connectivity index (χ2v) is 9.83. The molecule has 4 rings (SSSR count). The van der Waals surface area contributed by atoms with E-state index < -0.39 is 11.6 Å². The van der Waals surface area contributed by atoms with Crippen LogP contribution in [-0.2, 0) is 24.2 Å². The standard InChI is InChI=1S/C31H36F2N2O2/c1-2-3-19-37-34-22-26-21-27(30(36)16-14-24-13-15-28(32)29(33)20-24)31(25-11-7-8-12-25)35(26)18-17-23-9-5-4-6-10-23/h4-6,9-10,13,15,20-22,25H,2-3,7-8,11-12,14,16-19H2,1H3/b34-22+. The van der Waals surface area contributed by atoms with Crippen molar-refractivity contribution in [1.82, 2.24) is 4.57 Å². The van der Waals surface area contributed by atoms with Gasteiger partial charge in [-0.3, -0.25) is 4.79 Å². The first-order valence-electron chi connectivity index (χ1n) is 13.5. The SMILES string of the molecule is CCCCO/N=C/c1cc(C(=O)CCc2ccc(F)c(F)c2)c(C2CCCC2)n1CCc1ccccc1. The van der Waals surface area contributed by atoms with Gasteiger partial charge in [-0.15, -0.1) is 0 Å². The fourth-order valence-electron chi connectivity index (χ4n) is 5.13. The maximum atomic E-state index is 13.7. The molecule has 37 heavy (non-hydrogen) atoms. The molecule has 0 aliphatic heterocycles. The quantitative estimate of drug-likeness (QED) is 0.104. The number of hydrogen-bond donors (Lipinski definition) is 0. The smallest absolute Gasteiger partial charge is 0.165 e. The van der Waals surface area contributed by atoms with Crippen LogP contribution in [0.15, 0.2) is 59.8 Å². The van der Waals surface area contributed by atoms with E-state index in [2.05, 4.69) is 28.8 Å². The van der Waals surface area contributed by atoms with Gasteiger partial charge in [-0.25, -0.2) is 8.78 Å². The van der Waals surface area contributed by atoms with E-state index in [1.165, 1.54) is 11.6 Å². The van der Waals surface area contributed by atoms with Gasteiger partial charge in [0.15, 0.2) is 17.4 Å². The van der Waals surface area contributed by atoms with Crippen molar-refractivity contribution >= 4 is 12.0 Å². The molecule has 1 aliphatic carbocycles. The van der Waals surface area contributed by atoms with Gasteiger partial charge < -0.3 is 9.40 Å². The Morgan fingerprint density at radius 1 is 1.03 bits per heavy atom. The zero-order chi connectivity index (χ0) is 26.0. The molecular formula is C31H36F2N2O2. The van der Waals surface area contributed by atoms with Gasteiger partial charge in [0.25, 0.3) is 0 Å². The Balaban J connectivity index is 1.62. The van der Waals surface area contributed by atoms with Crippen molar-refractivity contribution in [1.29, 1.82) is 0 Å². The van der Waals surface area contributed by atoms with Gasteiger partial charge in [0.2, 0.25) is 0 Å². The van der Waals surface area contributed by atoms with Crippen molar-refractivity contribution in [3.8, 4) is 0 Å². The average Bonchev–Trinajstić information content (AvgIpc) is 3.56. The van der Waals surface area contributed by atoms with Gasteiger partial charge in [0, 0.05) is 24.2 Å². The van der Waals surface area contributed by atoms with E-state index in [9.17, 15) is 13.6 Å². The minimum Gasteiger partial charge on any atom is -0.396 e. The highest BCUT2D eigenvalue weighted by Gasteiger charge is 2.28. The summed E-state index contributed by atoms with van der Waals surface area (Å²) in [7, 11) is 0. The number of rotatable bonds is 13. The van der Waals surface area contributed by atoms with E-state index >= 15 is 0 Å². The molecule has 1 aromatic heterocycles. The topological polar surface area (TPSA) is 43.6 Å². The summed E-state index contributed by atoms with van der Waals surface area (Å²) in [5, 5.41) is 4.21. The molecule has 1 heterocycles. The number of halogens is 2. The molecule has 0 saturated heterocycles. The van der Waals surface area contributed by atoms with Gasteiger partial charge in [-0.1, -0.05) is 67.7 Å². The Morgan fingerprint density at radius 2 is 1.81 bits per heavy atom. The maximum absolute atomic E-state index is 13.7. The van der Waals surface area contributed by atoms with E-state index in [0.717, 1.165) is 74.5 Å². The van der Waals surface area contributed by atoms with Crippen LogP contribution in [0.5, 0.6) is 0 Å². The number of benzene rings is 2. The van der Waals surface area contributed by atoms with Crippen LogP contribution in [0.25, 0.3) is 0 Å². The lowest BCUT2D eigenvalue weighted by atomic mass is 9.95. The average molecular weight is 507 g/mol. The highest BCUT2D eigenvalue weighted by molar-refractivity contribution is 5.99. The van der Waals surface area contributed by atoms with Crippen LogP contribution in [0, 0.1) is 11.6 Å². The van der Waals surface area contributed by atoms with Crippen molar-refractivity contribution in [3.05, 3.63) is 94.3 Å². The molecule has 0 atom stereocenters. The minimum absolute atomic E-state index is 0.0200. The summed E-state index contributed by atoms with van der Waals surface area (Å²) in [6.07, 6.45) is 9.56. The molecule has 0 spiro atoms. The molecule has 0 unspecified atom stereocenters. The number of carbonyl (C=O) groups is 1. The molecule has 0 bridgehead atoms. The van der Waals surface area contributed by atoms with Crippen LogP contribution in [-0.4, -0.2) is 23.2 Å². The first-order valence-corrected chi connectivity index (χ1v) is 13.5. The number of nitrogens with zero attached hydrogens (tertiary/aromatic N) is 2. The Morgan fingerprint density at radius 3 is 2.54 bits per heavy atom. The minimum atomic E-state index is -0.884. The fraction of sp³-hybridized carbons (Fsp3) is 0.419. The van der Waals surface area contributed by atoms with Crippen LogP contribution < -0.4 is 0 Å². The summed E-state index contributed by atoms with van der Waals surface area (Å²) in [5.41, 5.74) is 4.52. The second-order valence-electron chi connectivity index (χ2n) is 9.83. The maximum Gasteiger partial charge on any atom is 0.165 e. The summed E-state index contributed by atoms with van der Waals surface area (Å²) < 4.78 is 29.3. The normalized spacial score (nSPS) is 14.0. The number of carbonyl (C=O) groups excluding carboxylic acids is 1. The Kier molecular flexibility index (Phi) is 9.64. The molecule has 3 aromatic rings. The molecule has 1 aliphatic rings. The fourth-order valence-corrected chi connectivity index (χ4v) is 5.13. The summed E-state index contributed by atoms with van der Waals surface area (Å²) in [6.45, 7) is 3.41. The van der Waals surface area contributed by atoms with Crippen LogP contribution in [0.4, 0.5) is 8.78 Å². The van der Waals surface area contributed by atoms with Crippen LogP contribution in [0.1, 0.15) is 90.7 Å². The van der Waals surface area contributed by atoms with Gasteiger partial charge >= 0.3 is 0 Å². The molecule has 1 fully saturated rings. The van der Waals surface area contributed by atoms with Gasteiger partial charge in [-0.05, 0) is 67.3 Å². The molecule has 0 N–H and O–H groups in total. The Hall–Kier alpha value is -3.28. The van der Waals surface area contributed by atoms with E-state index in [0.29, 0.717) is 24.5 Å². The number of hydrogen-bond acceptors (Lipinski definition) is 3. The summed E-state index contributed by atoms with van der Waals surface area (Å²) in [5.74, 6) is -1.42. The molecule has 196 valence electrons. The second kappa shape index (κ2) is 13.3. The lowest BCUT2D eigenvalue weighted by Gasteiger charge is -2.18. The molecule has 1 saturated carbocycles. The van der Waals surface area contributed by atoms with Crippen LogP contribution >= 0.6 is 0 Å². The number of aryl methyl sites for hydroxylation is 2. The van der Waals surface area contributed by atoms with Gasteiger partial charge in [0.05, 0.1) is 11.9 Å². The molecular weight excluding hydrogens is 470 g/mol. The lowest BCUT2D eigenvalue weighted by molar-refractivity contribution is 0.0981. The van der Waals surface area contributed by atoms with Gasteiger partial charge in [0.1, 0.15) is 6.61 Å². The number of Topliss-reactive ketones (excluding diaryl/α,β-unsaturated/α-hetero) is 1. The number of aromatic nitrogens is 1. The predicted octanol–water partition coefficient (Wildman–Crippen LogP) is 7.63. The van der Waals surface area contributed by atoms with E-state index in [1.807, 2.05) is 24.3 Å². The third-order valence-corrected chi connectivity index (χ3v) is 7.15. The highest BCUT2D eigenvalue weighted by atomic mass is 19.2. The summed E-state index contributed by atoms with van der Waals surface area (Å²) >= 11 is 0. The number of ketones is 1. The van der Waals surface area contributed by atoms with E-state index in [4.69, 9.17) is 4.84 Å². The zero-order valence-electron chi connectivity index (χ0n) is 21.6. The molecule has 0 amide bonds. The first-order chi connectivity index (χ1) is 18.1. The Bertz CT molecular complexity index is 1200. The van der Waals surface area contributed by atoms with Crippen LogP contribution in [0.3, 0.4) is 0 Å². The van der Waals surface area contributed by atoms with Crippen molar-refractivity contribution < 1.29 is 18.4 Å². The zero-order valence-corrected chi connectivity index (χ0v) is 21.6. The third kappa shape index (κ3) is 7.15.